The van der Waals surface area contributed by atoms with Crippen LogP contribution in [0.5, 0.6) is 0 Å². The van der Waals surface area contributed by atoms with E-state index in [2.05, 4.69) is 31.0 Å². The Labute approximate surface area is 209 Å². The first-order valence-electron chi connectivity index (χ1n) is 11.9. The summed E-state index contributed by atoms with van der Waals surface area (Å²) in [6.45, 7) is 12.4. The van der Waals surface area contributed by atoms with Crippen LogP contribution < -0.4 is 15.8 Å². The largest absolute Gasteiger partial charge is 0.348 e. The molecule has 3 aromatic rings. The van der Waals surface area contributed by atoms with E-state index < -0.39 is 0 Å². The van der Waals surface area contributed by atoms with E-state index in [1.807, 2.05) is 38.1 Å². The van der Waals surface area contributed by atoms with Gasteiger partial charge in [0.2, 0.25) is 5.91 Å². The summed E-state index contributed by atoms with van der Waals surface area (Å²) in [6.07, 6.45) is 2.27. The standard InChI is InChI=1S/C25H33N5O2S2/c1-15(2)18-6-8-19(9-7-18)26-20(31)14-33-25-28-22-21(23(32)30(25)16(3)4)34-24(27-22)29-12-10-17(5)11-13-29/h6-9,15-17H,10-14H2,1-5H3,(H,26,31). The number of benzene rings is 1. The van der Waals surface area contributed by atoms with E-state index >= 15 is 0 Å². The number of hydrogen-bond acceptors (Lipinski definition) is 7. The molecule has 9 heteroatoms. The zero-order valence-electron chi connectivity index (χ0n) is 20.5. The van der Waals surface area contributed by atoms with Crippen molar-refractivity contribution in [1.29, 1.82) is 0 Å². The molecule has 0 saturated carbocycles. The zero-order valence-corrected chi connectivity index (χ0v) is 22.1. The second kappa shape index (κ2) is 10.5. The van der Waals surface area contributed by atoms with E-state index in [4.69, 9.17) is 9.97 Å². The number of fused-ring (bicyclic) bond motifs is 1. The predicted molar refractivity (Wildman–Crippen MR) is 143 cm³/mol. The average molecular weight is 500 g/mol. The highest BCUT2D eigenvalue weighted by molar-refractivity contribution is 7.99. The van der Waals surface area contributed by atoms with Gasteiger partial charge in [-0.05, 0) is 56.2 Å². The van der Waals surface area contributed by atoms with E-state index in [9.17, 15) is 9.59 Å². The highest BCUT2D eigenvalue weighted by Gasteiger charge is 2.23. The van der Waals surface area contributed by atoms with E-state index in [0.717, 1.165) is 42.7 Å². The fourth-order valence-electron chi connectivity index (χ4n) is 4.03. The number of thiazole rings is 1. The third kappa shape index (κ3) is 5.46. The Balaban J connectivity index is 1.52. The summed E-state index contributed by atoms with van der Waals surface area (Å²) < 4.78 is 2.26. The molecule has 1 aliphatic heterocycles. The molecule has 0 radical (unpaired) electrons. The first kappa shape index (κ1) is 24.7. The van der Waals surface area contributed by atoms with Crippen molar-refractivity contribution in [3.63, 3.8) is 0 Å². The van der Waals surface area contributed by atoms with E-state index in [0.29, 0.717) is 21.4 Å². The molecule has 2 aromatic heterocycles. The SMILES string of the molecule is CC1CCN(c2nc3nc(SCC(=O)Nc4ccc(C(C)C)cc4)n(C(C)C)c(=O)c3s2)CC1. The van der Waals surface area contributed by atoms with Crippen LogP contribution in [0.3, 0.4) is 0 Å². The lowest BCUT2D eigenvalue weighted by atomic mass is 10.00. The molecule has 4 rings (SSSR count). The molecule has 3 heterocycles. The summed E-state index contributed by atoms with van der Waals surface area (Å²) in [5.41, 5.74) is 2.39. The molecular weight excluding hydrogens is 466 g/mol. The quantitative estimate of drug-likeness (QED) is 0.340. The van der Waals surface area contributed by atoms with Crippen molar-refractivity contribution in [1.82, 2.24) is 14.5 Å². The molecule has 0 unspecified atom stereocenters. The number of anilines is 2. The number of hydrogen-bond donors (Lipinski definition) is 1. The van der Waals surface area contributed by atoms with Crippen LogP contribution in [-0.2, 0) is 4.79 Å². The number of thioether (sulfide) groups is 1. The van der Waals surface area contributed by atoms with Gasteiger partial charge in [-0.25, -0.2) is 4.98 Å². The molecule has 1 aromatic carbocycles. The first-order chi connectivity index (χ1) is 16.2. The van der Waals surface area contributed by atoms with Gasteiger partial charge in [0.05, 0.1) is 5.75 Å². The Morgan fingerprint density at radius 3 is 2.44 bits per heavy atom. The fourth-order valence-corrected chi connectivity index (χ4v) is 5.94. The van der Waals surface area contributed by atoms with Crippen molar-refractivity contribution >= 4 is 50.2 Å². The van der Waals surface area contributed by atoms with Crippen LogP contribution in [-0.4, -0.2) is 39.3 Å². The van der Waals surface area contributed by atoms with Crippen molar-refractivity contribution < 1.29 is 4.79 Å². The molecule has 182 valence electrons. The lowest BCUT2D eigenvalue weighted by Crippen LogP contribution is -2.32. The van der Waals surface area contributed by atoms with Crippen LogP contribution in [0.2, 0.25) is 0 Å². The van der Waals surface area contributed by atoms with Gasteiger partial charge in [0.1, 0.15) is 4.70 Å². The van der Waals surface area contributed by atoms with Gasteiger partial charge in [0, 0.05) is 24.8 Å². The summed E-state index contributed by atoms with van der Waals surface area (Å²) >= 11 is 2.71. The number of rotatable bonds is 7. The Morgan fingerprint density at radius 2 is 1.82 bits per heavy atom. The summed E-state index contributed by atoms with van der Waals surface area (Å²) in [5.74, 6) is 1.20. The molecule has 1 aliphatic rings. The third-order valence-electron chi connectivity index (χ3n) is 6.18. The number of carbonyl (C=O) groups is 1. The second-order valence-electron chi connectivity index (χ2n) is 9.60. The number of carbonyl (C=O) groups excluding carboxylic acids is 1. The van der Waals surface area contributed by atoms with Gasteiger partial charge < -0.3 is 10.2 Å². The Bertz CT molecular complexity index is 1210. The number of amides is 1. The fraction of sp³-hybridized carbons (Fsp3) is 0.520. The Kier molecular flexibility index (Phi) is 7.62. The minimum absolute atomic E-state index is 0.0695. The maximum atomic E-state index is 13.3. The smallest absolute Gasteiger partial charge is 0.274 e. The Morgan fingerprint density at radius 1 is 1.15 bits per heavy atom. The summed E-state index contributed by atoms with van der Waals surface area (Å²) in [7, 11) is 0. The van der Waals surface area contributed by atoms with Gasteiger partial charge in [-0.2, -0.15) is 4.98 Å². The van der Waals surface area contributed by atoms with E-state index in [-0.39, 0.29) is 23.3 Å². The predicted octanol–water partition coefficient (Wildman–Crippen LogP) is 5.52. The highest BCUT2D eigenvalue weighted by Crippen LogP contribution is 2.31. The molecule has 34 heavy (non-hydrogen) atoms. The van der Waals surface area contributed by atoms with Crippen LogP contribution in [0.15, 0.2) is 34.2 Å². The molecular formula is C25H33N5O2S2. The van der Waals surface area contributed by atoms with Crippen molar-refractivity contribution in [2.75, 3.05) is 29.1 Å². The van der Waals surface area contributed by atoms with Gasteiger partial charge >= 0.3 is 0 Å². The molecule has 0 bridgehead atoms. The maximum absolute atomic E-state index is 13.3. The number of nitrogens with one attached hydrogen (secondary N) is 1. The van der Waals surface area contributed by atoms with Gasteiger partial charge in [0.25, 0.3) is 5.56 Å². The molecule has 7 nitrogen and oxygen atoms in total. The molecule has 1 saturated heterocycles. The molecule has 1 N–H and O–H groups in total. The zero-order chi connectivity index (χ0) is 24.4. The van der Waals surface area contributed by atoms with E-state index in [1.54, 1.807) is 4.57 Å². The topological polar surface area (TPSA) is 80.1 Å². The summed E-state index contributed by atoms with van der Waals surface area (Å²) in [6, 6.07) is 7.83. The van der Waals surface area contributed by atoms with Crippen LogP contribution in [0.4, 0.5) is 10.8 Å². The number of piperidine rings is 1. The van der Waals surface area contributed by atoms with Crippen molar-refractivity contribution in [3.8, 4) is 0 Å². The first-order valence-corrected chi connectivity index (χ1v) is 13.7. The average Bonchev–Trinajstić information content (AvgIpc) is 3.23. The summed E-state index contributed by atoms with van der Waals surface area (Å²) in [4.78, 5) is 37.6. The molecule has 0 atom stereocenters. The van der Waals surface area contributed by atoms with Crippen molar-refractivity contribution in [2.45, 2.75) is 64.6 Å². The lowest BCUT2D eigenvalue weighted by Gasteiger charge is -2.29. The van der Waals surface area contributed by atoms with E-state index in [1.165, 1.54) is 28.7 Å². The van der Waals surface area contributed by atoms with Gasteiger partial charge in [-0.15, -0.1) is 0 Å². The van der Waals surface area contributed by atoms with Crippen LogP contribution in [0.1, 0.15) is 65.0 Å². The van der Waals surface area contributed by atoms with Gasteiger partial charge in [-0.3, -0.25) is 14.2 Å². The molecule has 0 aliphatic carbocycles. The van der Waals surface area contributed by atoms with Crippen LogP contribution in [0, 0.1) is 5.92 Å². The van der Waals surface area contributed by atoms with Crippen molar-refractivity contribution in [3.05, 3.63) is 40.2 Å². The summed E-state index contributed by atoms with van der Waals surface area (Å²) in [5, 5.41) is 4.33. The second-order valence-corrected chi connectivity index (χ2v) is 11.5. The van der Waals surface area contributed by atoms with Crippen LogP contribution >= 0.6 is 23.1 Å². The van der Waals surface area contributed by atoms with Gasteiger partial charge in [-0.1, -0.05) is 56.0 Å². The number of nitrogens with zero attached hydrogens (tertiary/aromatic N) is 4. The number of aromatic nitrogens is 3. The highest BCUT2D eigenvalue weighted by atomic mass is 32.2. The Hall–Kier alpha value is -2.39. The van der Waals surface area contributed by atoms with Gasteiger partial charge in [0.15, 0.2) is 15.9 Å². The molecule has 1 fully saturated rings. The minimum Gasteiger partial charge on any atom is -0.348 e. The monoisotopic (exact) mass is 499 g/mol. The molecule has 0 spiro atoms. The third-order valence-corrected chi connectivity index (χ3v) is 8.23. The van der Waals surface area contributed by atoms with Crippen LogP contribution in [0.25, 0.3) is 10.3 Å². The maximum Gasteiger partial charge on any atom is 0.274 e. The normalized spacial score (nSPS) is 15.0. The molecule has 1 amide bonds. The lowest BCUT2D eigenvalue weighted by molar-refractivity contribution is -0.113. The minimum atomic E-state index is -0.131. The van der Waals surface area contributed by atoms with Crippen molar-refractivity contribution in [2.24, 2.45) is 5.92 Å².